The number of benzene rings is 1. The number of thiophene rings is 1. The van der Waals surface area contributed by atoms with E-state index in [0.29, 0.717) is 28.4 Å². The molecule has 0 bridgehead atoms. The first-order chi connectivity index (χ1) is 17.6. The van der Waals surface area contributed by atoms with E-state index in [9.17, 15) is 4.79 Å². The van der Waals surface area contributed by atoms with Crippen LogP contribution in [0.3, 0.4) is 0 Å². The molecular formula is C26H27N7O2S. The molecule has 0 aliphatic carbocycles. The van der Waals surface area contributed by atoms with Crippen LogP contribution in [0.25, 0.3) is 27.1 Å². The molecule has 0 radical (unpaired) electrons. The predicted octanol–water partition coefficient (Wildman–Crippen LogP) is 5.16. The predicted molar refractivity (Wildman–Crippen MR) is 141 cm³/mol. The molecule has 1 saturated heterocycles. The van der Waals surface area contributed by atoms with Crippen LogP contribution in [0.15, 0.2) is 53.0 Å². The minimum Gasteiger partial charge on any atom is -0.358 e. The SMILES string of the molecule is CCC(Nc1ncc2ncn(C3CCCCO3)c2n1)c1nc2ccsc2c(=O)n1-c1ccccc1C. The fourth-order valence-electron chi connectivity index (χ4n) is 4.77. The average molecular weight is 502 g/mol. The Hall–Kier alpha value is -3.63. The lowest BCUT2D eigenvalue weighted by molar-refractivity contribution is -0.0298. The number of ether oxygens (including phenoxy) is 1. The maximum Gasteiger partial charge on any atom is 0.276 e. The van der Waals surface area contributed by atoms with Gasteiger partial charge in [0.15, 0.2) is 5.65 Å². The van der Waals surface area contributed by atoms with E-state index in [-0.39, 0.29) is 17.8 Å². The molecule has 1 aliphatic heterocycles. The molecule has 1 fully saturated rings. The molecule has 1 aromatic carbocycles. The molecule has 36 heavy (non-hydrogen) atoms. The Kier molecular flexibility index (Phi) is 5.98. The molecule has 6 rings (SSSR count). The van der Waals surface area contributed by atoms with Gasteiger partial charge in [0.1, 0.15) is 22.3 Å². The van der Waals surface area contributed by atoms with Crippen LogP contribution >= 0.6 is 11.3 Å². The molecule has 5 aromatic rings. The van der Waals surface area contributed by atoms with Gasteiger partial charge in [-0.3, -0.25) is 13.9 Å². The summed E-state index contributed by atoms with van der Waals surface area (Å²) >= 11 is 1.42. The summed E-state index contributed by atoms with van der Waals surface area (Å²) in [5.41, 5.74) is 3.91. The lowest BCUT2D eigenvalue weighted by atomic mass is 10.1. The van der Waals surface area contributed by atoms with Crippen LogP contribution in [0, 0.1) is 6.92 Å². The Morgan fingerprint density at radius 2 is 2.06 bits per heavy atom. The second-order valence-corrected chi connectivity index (χ2v) is 9.93. The molecule has 0 saturated carbocycles. The van der Waals surface area contributed by atoms with Crippen molar-refractivity contribution in [1.29, 1.82) is 0 Å². The molecule has 1 N–H and O–H groups in total. The first kappa shape index (κ1) is 22.8. The molecule has 4 aromatic heterocycles. The van der Waals surface area contributed by atoms with E-state index in [1.807, 2.05) is 47.2 Å². The highest BCUT2D eigenvalue weighted by Gasteiger charge is 2.23. The summed E-state index contributed by atoms with van der Waals surface area (Å²) in [6, 6.07) is 9.48. The summed E-state index contributed by atoms with van der Waals surface area (Å²) in [7, 11) is 0. The molecule has 9 nitrogen and oxygen atoms in total. The van der Waals surface area contributed by atoms with Crippen LogP contribution < -0.4 is 10.9 Å². The third kappa shape index (κ3) is 3.96. The zero-order valence-electron chi connectivity index (χ0n) is 20.2. The van der Waals surface area contributed by atoms with Crippen molar-refractivity contribution in [2.24, 2.45) is 0 Å². The molecule has 2 atom stereocenters. The topological polar surface area (TPSA) is 99.8 Å². The van der Waals surface area contributed by atoms with Crippen molar-refractivity contribution in [3.05, 3.63) is 70.0 Å². The summed E-state index contributed by atoms with van der Waals surface area (Å²) in [6.07, 6.45) is 7.24. The van der Waals surface area contributed by atoms with E-state index < -0.39 is 0 Å². The van der Waals surface area contributed by atoms with Gasteiger partial charge in [0, 0.05) is 6.61 Å². The zero-order chi connectivity index (χ0) is 24.6. The molecule has 5 heterocycles. The average Bonchev–Trinajstić information content (AvgIpc) is 3.55. The first-order valence-electron chi connectivity index (χ1n) is 12.3. The van der Waals surface area contributed by atoms with Crippen LogP contribution in [0.2, 0.25) is 0 Å². The van der Waals surface area contributed by atoms with E-state index in [1.54, 1.807) is 17.1 Å². The van der Waals surface area contributed by atoms with E-state index in [2.05, 4.69) is 22.2 Å². The quantitative estimate of drug-likeness (QED) is 0.343. The standard InChI is InChI=1S/C26H27N7O2S/c1-3-17(30-26-27-14-19-23(31-26)32(15-28-19)21-10-6-7-12-35-21)24-29-18-11-13-36-22(18)25(34)33(24)20-9-5-4-8-16(20)2/h4-5,8-9,11,13-15,17,21H,3,6-7,10,12H2,1-2H3,(H,27,30,31). The summed E-state index contributed by atoms with van der Waals surface area (Å²) in [5, 5.41) is 5.36. The molecule has 0 spiro atoms. The molecule has 2 unspecified atom stereocenters. The third-order valence-electron chi connectivity index (χ3n) is 6.67. The van der Waals surface area contributed by atoms with Crippen LogP contribution in [0.5, 0.6) is 0 Å². The summed E-state index contributed by atoms with van der Waals surface area (Å²) in [5.74, 6) is 1.10. The Balaban J connectivity index is 1.43. The fraction of sp³-hybridized carbons (Fsp3) is 0.346. The van der Waals surface area contributed by atoms with Crippen molar-refractivity contribution in [1.82, 2.24) is 29.1 Å². The summed E-state index contributed by atoms with van der Waals surface area (Å²) in [4.78, 5) is 32.4. The van der Waals surface area contributed by atoms with Crippen molar-refractivity contribution in [3.63, 3.8) is 0 Å². The second kappa shape index (κ2) is 9.44. The van der Waals surface area contributed by atoms with Crippen LogP contribution in [0.1, 0.15) is 56.3 Å². The minimum atomic E-state index is -0.290. The van der Waals surface area contributed by atoms with Gasteiger partial charge in [-0.05, 0) is 55.7 Å². The van der Waals surface area contributed by atoms with Gasteiger partial charge >= 0.3 is 0 Å². The number of hydrogen-bond acceptors (Lipinski definition) is 8. The van der Waals surface area contributed by atoms with Crippen LogP contribution in [-0.4, -0.2) is 35.7 Å². The van der Waals surface area contributed by atoms with Crippen molar-refractivity contribution < 1.29 is 4.74 Å². The summed E-state index contributed by atoms with van der Waals surface area (Å²) in [6.45, 7) is 4.80. The van der Waals surface area contributed by atoms with Crippen LogP contribution in [0.4, 0.5) is 5.95 Å². The Morgan fingerprint density at radius 1 is 1.17 bits per heavy atom. The molecular weight excluding hydrogens is 474 g/mol. The van der Waals surface area contributed by atoms with Gasteiger partial charge < -0.3 is 10.1 Å². The van der Waals surface area contributed by atoms with Gasteiger partial charge in [0.25, 0.3) is 5.56 Å². The number of aryl methyl sites for hydroxylation is 1. The maximum atomic E-state index is 13.6. The van der Waals surface area contributed by atoms with Crippen molar-refractivity contribution >= 4 is 38.7 Å². The monoisotopic (exact) mass is 501 g/mol. The first-order valence-corrected chi connectivity index (χ1v) is 13.2. The number of rotatable bonds is 6. The number of hydrogen-bond donors (Lipinski definition) is 1. The van der Waals surface area contributed by atoms with Crippen LogP contribution in [-0.2, 0) is 4.74 Å². The van der Waals surface area contributed by atoms with Gasteiger partial charge in [0.2, 0.25) is 5.95 Å². The van der Waals surface area contributed by atoms with E-state index >= 15 is 0 Å². The number of para-hydroxylation sites is 1. The second-order valence-electron chi connectivity index (χ2n) is 9.01. The fourth-order valence-corrected chi connectivity index (χ4v) is 5.53. The smallest absolute Gasteiger partial charge is 0.276 e. The van der Waals surface area contributed by atoms with Gasteiger partial charge in [-0.1, -0.05) is 25.1 Å². The number of nitrogens with zero attached hydrogens (tertiary/aromatic N) is 6. The zero-order valence-corrected chi connectivity index (χ0v) is 21.0. The van der Waals surface area contributed by atoms with Crippen molar-refractivity contribution in [2.75, 3.05) is 11.9 Å². The van der Waals surface area contributed by atoms with E-state index in [4.69, 9.17) is 14.7 Å². The highest BCUT2D eigenvalue weighted by atomic mass is 32.1. The van der Waals surface area contributed by atoms with Gasteiger partial charge in [-0.25, -0.2) is 15.0 Å². The normalized spacial score (nSPS) is 17.0. The Bertz CT molecular complexity index is 1600. The maximum absolute atomic E-state index is 13.6. The molecule has 1 aliphatic rings. The van der Waals surface area contributed by atoms with Crippen molar-refractivity contribution in [2.45, 2.75) is 51.8 Å². The molecule has 184 valence electrons. The molecule has 10 heteroatoms. The number of fused-ring (bicyclic) bond motifs is 2. The number of anilines is 1. The highest BCUT2D eigenvalue weighted by Crippen LogP contribution is 2.28. The van der Waals surface area contributed by atoms with Gasteiger partial charge in [-0.2, -0.15) is 4.98 Å². The minimum absolute atomic E-state index is 0.0663. The van der Waals surface area contributed by atoms with Gasteiger partial charge in [-0.15, -0.1) is 11.3 Å². The van der Waals surface area contributed by atoms with Gasteiger partial charge in [0.05, 0.1) is 29.8 Å². The number of imidazole rings is 1. The summed E-state index contributed by atoms with van der Waals surface area (Å²) < 4.78 is 10.3. The number of nitrogens with one attached hydrogen (secondary N) is 1. The lowest BCUT2D eigenvalue weighted by Crippen LogP contribution is -2.28. The lowest BCUT2D eigenvalue weighted by Gasteiger charge is -2.24. The number of aromatic nitrogens is 6. The molecule has 0 amide bonds. The Morgan fingerprint density at radius 3 is 2.86 bits per heavy atom. The highest BCUT2D eigenvalue weighted by molar-refractivity contribution is 7.17. The third-order valence-corrected chi connectivity index (χ3v) is 7.56. The largest absolute Gasteiger partial charge is 0.358 e. The van der Waals surface area contributed by atoms with E-state index in [1.165, 1.54) is 11.3 Å². The van der Waals surface area contributed by atoms with E-state index in [0.717, 1.165) is 48.3 Å². The van der Waals surface area contributed by atoms with Crippen molar-refractivity contribution in [3.8, 4) is 5.69 Å². The Labute approximate surface area is 211 Å².